The number of amides is 2. The van der Waals surface area contributed by atoms with Crippen molar-refractivity contribution < 1.29 is 18.0 Å². The third kappa shape index (κ3) is 4.06. The smallest absolute Gasteiger partial charge is 0.265 e. The SMILES string of the molecule is Cn1cc(S(=O)(=O)N2CCC(C(=O)Nc3ccccc3Cl)CC2)cc1C(N)=O. The van der Waals surface area contributed by atoms with Gasteiger partial charge in [-0.25, -0.2) is 8.42 Å². The first-order valence-electron chi connectivity index (χ1n) is 8.72. The van der Waals surface area contributed by atoms with Crippen LogP contribution in [0.4, 0.5) is 5.69 Å². The fourth-order valence-electron chi connectivity index (χ4n) is 3.23. The standard InChI is InChI=1S/C18H21ClN4O4S/c1-22-11-13(10-16(22)17(20)24)28(26,27)23-8-6-12(7-9-23)18(25)21-15-5-3-2-4-14(15)19/h2-5,10-12H,6-9H2,1H3,(H2,20,24)(H,21,25). The largest absolute Gasteiger partial charge is 0.364 e. The number of para-hydroxylation sites is 1. The molecule has 28 heavy (non-hydrogen) atoms. The van der Waals surface area contributed by atoms with Gasteiger partial charge in [-0.1, -0.05) is 23.7 Å². The summed E-state index contributed by atoms with van der Waals surface area (Å²) in [5.74, 6) is -1.18. The minimum absolute atomic E-state index is 0.0165. The van der Waals surface area contributed by atoms with Gasteiger partial charge in [-0.3, -0.25) is 9.59 Å². The van der Waals surface area contributed by atoms with E-state index in [0.29, 0.717) is 23.6 Å². The number of carbonyl (C=O) groups is 2. The lowest BCUT2D eigenvalue weighted by Gasteiger charge is -2.30. The summed E-state index contributed by atoms with van der Waals surface area (Å²) in [5, 5.41) is 3.24. The molecule has 1 fully saturated rings. The predicted octanol–water partition coefficient (Wildman–Crippen LogP) is 1.82. The number of nitrogens with zero attached hydrogens (tertiary/aromatic N) is 2. The van der Waals surface area contributed by atoms with Gasteiger partial charge in [-0.2, -0.15) is 4.31 Å². The van der Waals surface area contributed by atoms with Gasteiger partial charge in [-0.05, 0) is 31.0 Å². The fourth-order valence-corrected chi connectivity index (χ4v) is 4.95. The molecular weight excluding hydrogens is 404 g/mol. The highest BCUT2D eigenvalue weighted by atomic mass is 35.5. The maximum atomic E-state index is 12.8. The highest BCUT2D eigenvalue weighted by Crippen LogP contribution is 2.27. The molecule has 8 nitrogen and oxygen atoms in total. The molecule has 2 amide bonds. The van der Waals surface area contributed by atoms with Crippen LogP contribution in [-0.4, -0.2) is 42.2 Å². The van der Waals surface area contributed by atoms with E-state index in [1.165, 1.54) is 21.1 Å². The molecule has 3 rings (SSSR count). The Hall–Kier alpha value is -2.36. The number of benzene rings is 1. The van der Waals surface area contributed by atoms with Gasteiger partial charge in [0.2, 0.25) is 15.9 Å². The molecule has 1 aromatic carbocycles. The van der Waals surface area contributed by atoms with Crippen molar-refractivity contribution in [2.45, 2.75) is 17.7 Å². The molecule has 0 bridgehead atoms. The van der Waals surface area contributed by atoms with Gasteiger partial charge >= 0.3 is 0 Å². The predicted molar refractivity (Wildman–Crippen MR) is 105 cm³/mol. The lowest BCUT2D eigenvalue weighted by molar-refractivity contribution is -0.120. The molecule has 3 N–H and O–H groups in total. The molecule has 10 heteroatoms. The Labute approximate surface area is 168 Å². The molecule has 1 aliphatic rings. The molecule has 0 unspecified atom stereocenters. The van der Waals surface area contributed by atoms with E-state index in [9.17, 15) is 18.0 Å². The van der Waals surface area contributed by atoms with Crippen molar-refractivity contribution in [2.75, 3.05) is 18.4 Å². The zero-order chi connectivity index (χ0) is 20.5. The van der Waals surface area contributed by atoms with Crippen LogP contribution in [0.2, 0.25) is 5.02 Å². The number of piperidine rings is 1. The molecule has 1 aromatic heterocycles. The summed E-state index contributed by atoms with van der Waals surface area (Å²) in [6, 6.07) is 8.22. The van der Waals surface area contributed by atoms with E-state index in [1.807, 2.05) is 0 Å². The van der Waals surface area contributed by atoms with E-state index >= 15 is 0 Å². The molecule has 0 spiro atoms. The zero-order valence-corrected chi connectivity index (χ0v) is 16.8. The summed E-state index contributed by atoms with van der Waals surface area (Å²) in [6.45, 7) is 0.424. The van der Waals surface area contributed by atoms with E-state index in [-0.39, 0.29) is 35.5 Å². The van der Waals surface area contributed by atoms with Crippen molar-refractivity contribution in [2.24, 2.45) is 18.7 Å². The number of hydrogen-bond acceptors (Lipinski definition) is 4. The fraction of sp³-hybridized carbons (Fsp3) is 0.333. The van der Waals surface area contributed by atoms with Crippen molar-refractivity contribution in [1.82, 2.24) is 8.87 Å². The molecule has 2 heterocycles. The Morgan fingerprint density at radius 1 is 1.21 bits per heavy atom. The number of carbonyl (C=O) groups excluding carboxylic acids is 2. The summed E-state index contributed by atoms with van der Waals surface area (Å²) in [6.07, 6.45) is 2.15. The van der Waals surface area contributed by atoms with Gasteiger partial charge in [0, 0.05) is 32.3 Å². The second-order valence-corrected chi connectivity index (χ2v) is 9.03. The van der Waals surface area contributed by atoms with Crippen LogP contribution in [0.5, 0.6) is 0 Å². The molecule has 0 aliphatic carbocycles. The van der Waals surface area contributed by atoms with Gasteiger partial charge in [0.1, 0.15) is 10.6 Å². The lowest BCUT2D eigenvalue weighted by Crippen LogP contribution is -2.41. The number of anilines is 1. The topological polar surface area (TPSA) is 114 Å². The summed E-state index contributed by atoms with van der Waals surface area (Å²) in [7, 11) is -2.20. The Kier molecular flexibility index (Phi) is 5.78. The summed E-state index contributed by atoms with van der Waals surface area (Å²) < 4.78 is 28.4. The van der Waals surface area contributed by atoms with Crippen LogP contribution in [0.1, 0.15) is 23.3 Å². The number of aryl methyl sites for hydroxylation is 1. The Morgan fingerprint density at radius 2 is 1.86 bits per heavy atom. The molecule has 0 saturated carbocycles. The number of rotatable bonds is 5. The van der Waals surface area contributed by atoms with Crippen molar-refractivity contribution in [1.29, 1.82) is 0 Å². The van der Waals surface area contributed by atoms with Crippen molar-refractivity contribution in [3.05, 3.63) is 47.2 Å². The molecule has 0 radical (unpaired) electrons. The average molecular weight is 425 g/mol. The monoisotopic (exact) mass is 424 g/mol. The molecule has 0 atom stereocenters. The first kappa shape index (κ1) is 20.4. The first-order valence-corrected chi connectivity index (χ1v) is 10.5. The summed E-state index contributed by atoms with van der Waals surface area (Å²) in [5.41, 5.74) is 5.91. The lowest BCUT2D eigenvalue weighted by atomic mass is 9.97. The summed E-state index contributed by atoms with van der Waals surface area (Å²) in [4.78, 5) is 23.9. The number of halogens is 1. The maximum absolute atomic E-state index is 12.8. The summed E-state index contributed by atoms with van der Waals surface area (Å²) >= 11 is 6.06. The van der Waals surface area contributed by atoms with E-state index in [2.05, 4.69) is 5.32 Å². The maximum Gasteiger partial charge on any atom is 0.265 e. The van der Waals surface area contributed by atoms with Crippen molar-refractivity contribution >= 4 is 39.1 Å². The Bertz CT molecular complexity index is 1010. The average Bonchev–Trinajstić information content (AvgIpc) is 3.06. The second-order valence-electron chi connectivity index (χ2n) is 6.68. The molecule has 150 valence electrons. The highest BCUT2D eigenvalue weighted by molar-refractivity contribution is 7.89. The van der Waals surface area contributed by atoms with Crippen LogP contribution in [-0.2, 0) is 21.9 Å². The number of sulfonamides is 1. The first-order chi connectivity index (χ1) is 13.2. The highest BCUT2D eigenvalue weighted by Gasteiger charge is 2.33. The second kappa shape index (κ2) is 7.94. The van der Waals surface area contributed by atoms with Crippen LogP contribution >= 0.6 is 11.6 Å². The van der Waals surface area contributed by atoms with E-state index in [0.717, 1.165) is 0 Å². The minimum Gasteiger partial charge on any atom is -0.364 e. The van der Waals surface area contributed by atoms with Crippen LogP contribution in [0.15, 0.2) is 41.4 Å². The van der Waals surface area contributed by atoms with Gasteiger partial charge in [0.05, 0.1) is 10.7 Å². The quantitative estimate of drug-likeness (QED) is 0.761. The van der Waals surface area contributed by atoms with Gasteiger partial charge in [-0.15, -0.1) is 0 Å². The van der Waals surface area contributed by atoms with Crippen molar-refractivity contribution in [3.63, 3.8) is 0 Å². The van der Waals surface area contributed by atoms with Gasteiger partial charge in [0.15, 0.2) is 0 Å². The number of aromatic nitrogens is 1. The van der Waals surface area contributed by atoms with E-state index in [4.69, 9.17) is 17.3 Å². The van der Waals surface area contributed by atoms with E-state index < -0.39 is 15.9 Å². The molecule has 1 aliphatic heterocycles. The molecule has 1 saturated heterocycles. The Morgan fingerprint density at radius 3 is 2.43 bits per heavy atom. The van der Waals surface area contributed by atoms with Gasteiger partial charge in [0.25, 0.3) is 5.91 Å². The third-order valence-electron chi connectivity index (χ3n) is 4.83. The Balaban J connectivity index is 1.66. The van der Waals surface area contributed by atoms with Crippen LogP contribution in [0.3, 0.4) is 0 Å². The minimum atomic E-state index is -3.76. The van der Waals surface area contributed by atoms with Crippen molar-refractivity contribution in [3.8, 4) is 0 Å². The normalized spacial score (nSPS) is 16.1. The van der Waals surface area contributed by atoms with Gasteiger partial charge < -0.3 is 15.6 Å². The molecular formula is C18H21ClN4O4S. The van der Waals surface area contributed by atoms with Crippen LogP contribution in [0, 0.1) is 5.92 Å². The van der Waals surface area contributed by atoms with E-state index in [1.54, 1.807) is 31.3 Å². The number of primary amides is 1. The zero-order valence-electron chi connectivity index (χ0n) is 15.3. The number of hydrogen-bond donors (Lipinski definition) is 2. The van der Waals surface area contributed by atoms with Crippen LogP contribution in [0.25, 0.3) is 0 Å². The number of nitrogens with one attached hydrogen (secondary N) is 1. The molecule has 2 aromatic rings. The third-order valence-corrected chi connectivity index (χ3v) is 7.02. The number of nitrogens with two attached hydrogens (primary N) is 1. The van der Waals surface area contributed by atoms with Crippen LogP contribution < -0.4 is 11.1 Å².